The highest BCUT2D eigenvalue weighted by Crippen LogP contribution is 2.30. The van der Waals surface area contributed by atoms with Crippen LogP contribution in [0.2, 0.25) is 0 Å². The third-order valence-electron chi connectivity index (χ3n) is 9.49. The molecule has 0 aromatic carbocycles. The van der Waals surface area contributed by atoms with Crippen molar-refractivity contribution in [3.05, 3.63) is 0 Å². The number of urea groups is 1. The molecule has 5 amide bonds. The van der Waals surface area contributed by atoms with Crippen LogP contribution in [0.1, 0.15) is 105 Å². The normalized spacial score (nSPS) is 22.5. The van der Waals surface area contributed by atoms with Crippen LogP contribution < -0.4 is 21.3 Å². The minimum Gasteiger partial charge on any atom is -0.350 e. The van der Waals surface area contributed by atoms with Crippen LogP contribution in [0.5, 0.6) is 0 Å². The Hall–Kier alpha value is -2.74. The number of Topliss-reactive ketones (excluding diaryl/α,β-unsaturated/α-hetero) is 1. The van der Waals surface area contributed by atoms with Crippen molar-refractivity contribution in [2.24, 2.45) is 11.3 Å². The number of carbonyl (C=O) groups is 5. The second-order valence-electron chi connectivity index (χ2n) is 14.1. The van der Waals surface area contributed by atoms with E-state index in [0.717, 1.165) is 38.5 Å². The number of carbonyl (C=O) groups excluding carboxylic acids is 5. The molecule has 0 spiro atoms. The van der Waals surface area contributed by atoms with Gasteiger partial charge >= 0.3 is 6.03 Å². The van der Waals surface area contributed by atoms with Gasteiger partial charge < -0.3 is 26.2 Å². The summed E-state index contributed by atoms with van der Waals surface area (Å²) in [7, 11) is -3.36. The quantitative estimate of drug-likeness (QED) is 0.205. The van der Waals surface area contributed by atoms with Crippen molar-refractivity contribution < 1.29 is 32.4 Å². The molecule has 1 aliphatic carbocycles. The topological polar surface area (TPSA) is 174 Å². The van der Waals surface area contributed by atoms with Crippen LogP contribution >= 0.6 is 0 Å². The van der Waals surface area contributed by atoms with Crippen molar-refractivity contribution in [3.8, 4) is 0 Å². The predicted octanol–water partition coefficient (Wildman–Crippen LogP) is 2.06. The molecular formula is C32H56N6O7S. The number of ketones is 1. The molecule has 3 fully saturated rings. The van der Waals surface area contributed by atoms with E-state index in [1.165, 1.54) is 9.21 Å². The van der Waals surface area contributed by atoms with E-state index in [1.54, 1.807) is 6.92 Å². The molecule has 2 heterocycles. The number of unbranched alkanes of at least 4 members (excludes halogenated alkanes) is 1. The van der Waals surface area contributed by atoms with Gasteiger partial charge in [0, 0.05) is 32.2 Å². The lowest BCUT2D eigenvalue weighted by Gasteiger charge is -2.37. The molecular weight excluding hydrogens is 612 g/mol. The number of likely N-dealkylation sites (tertiary alicyclic amines) is 1. The summed E-state index contributed by atoms with van der Waals surface area (Å²) in [6.45, 7) is 10.7. The van der Waals surface area contributed by atoms with Gasteiger partial charge in [-0.1, -0.05) is 59.8 Å². The largest absolute Gasteiger partial charge is 0.350 e. The van der Waals surface area contributed by atoms with E-state index in [4.69, 9.17) is 0 Å². The Labute approximate surface area is 274 Å². The number of hydrogen-bond acceptors (Lipinski definition) is 7. The molecule has 1 unspecified atom stereocenters. The molecule has 0 bridgehead atoms. The lowest BCUT2D eigenvalue weighted by Crippen LogP contribution is -2.60. The lowest BCUT2D eigenvalue weighted by atomic mass is 9.83. The van der Waals surface area contributed by atoms with E-state index in [0.29, 0.717) is 51.7 Å². The van der Waals surface area contributed by atoms with E-state index in [1.807, 2.05) is 27.7 Å². The monoisotopic (exact) mass is 668 g/mol. The first-order valence-electron chi connectivity index (χ1n) is 17.2. The maximum atomic E-state index is 14.2. The highest BCUT2D eigenvalue weighted by Gasteiger charge is 2.42. The average molecular weight is 669 g/mol. The van der Waals surface area contributed by atoms with Crippen molar-refractivity contribution in [2.75, 3.05) is 31.9 Å². The van der Waals surface area contributed by atoms with Crippen molar-refractivity contribution in [2.45, 2.75) is 129 Å². The van der Waals surface area contributed by atoms with Gasteiger partial charge in [0.1, 0.15) is 12.1 Å². The van der Waals surface area contributed by atoms with Gasteiger partial charge in [0.05, 0.1) is 11.8 Å². The van der Waals surface area contributed by atoms with Gasteiger partial charge in [0.25, 0.3) is 5.91 Å². The van der Waals surface area contributed by atoms with Crippen LogP contribution in [0.25, 0.3) is 0 Å². The summed E-state index contributed by atoms with van der Waals surface area (Å²) >= 11 is 0. The number of hydrogen-bond donors (Lipinski definition) is 4. The molecule has 46 heavy (non-hydrogen) atoms. The van der Waals surface area contributed by atoms with Gasteiger partial charge in [-0.2, -0.15) is 4.31 Å². The molecule has 1 saturated carbocycles. The summed E-state index contributed by atoms with van der Waals surface area (Å²) in [5.41, 5.74) is -0.461. The average Bonchev–Trinajstić information content (AvgIpc) is 3.63. The van der Waals surface area contributed by atoms with Crippen molar-refractivity contribution >= 4 is 39.6 Å². The van der Waals surface area contributed by atoms with E-state index in [2.05, 4.69) is 21.3 Å². The number of amides is 5. The van der Waals surface area contributed by atoms with E-state index in [-0.39, 0.29) is 24.1 Å². The van der Waals surface area contributed by atoms with Gasteiger partial charge in [0.2, 0.25) is 27.6 Å². The zero-order chi connectivity index (χ0) is 34.1. The van der Waals surface area contributed by atoms with Gasteiger partial charge in [-0.3, -0.25) is 19.2 Å². The zero-order valence-corrected chi connectivity index (χ0v) is 29.2. The number of nitrogens with zero attached hydrogens (tertiary/aromatic N) is 2. The van der Waals surface area contributed by atoms with Crippen molar-refractivity contribution in [3.63, 3.8) is 0 Å². The molecule has 14 heteroatoms. The highest BCUT2D eigenvalue weighted by molar-refractivity contribution is 7.89. The Kier molecular flexibility index (Phi) is 13.9. The molecule has 0 aromatic rings. The maximum absolute atomic E-state index is 14.2. The minimum absolute atomic E-state index is 0.0956. The van der Waals surface area contributed by atoms with Crippen molar-refractivity contribution in [1.29, 1.82) is 0 Å². The lowest BCUT2D eigenvalue weighted by molar-refractivity contribution is -0.143. The summed E-state index contributed by atoms with van der Waals surface area (Å²) in [6.07, 6.45) is 7.73. The molecule has 4 N–H and O–H groups in total. The Balaban J connectivity index is 1.77. The van der Waals surface area contributed by atoms with E-state index >= 15 is 0 Å². The fourth-order valence-electron chi connectivity index (χ4n) is 6.66. The van der Waals surface area contributed by atoms with Crippen LogP contribution in [0.15, 0.2) is 0 Å². The fraction of sp³-hybridized carbons (Fsp3) is 0.844. The van der Waals surface area contributed by atoms with Gasteiger partial charge in [-0.15, -0.1) is 0 Å². The maximum Gasteiger partial charge on any atom is 0.315 e. The second-order valence-corrected chi connectivity index (χ2v) is 16.1. The third kappa shape index (κ3) is 10.1. The Bertz CT molecular complexity index is 1200. The number of rotatable bonds is 14. The van der Waals surface area contributed by atoms with E-state index < -0.39 is 63.2 Å². The Morgan fingerprint density at radius 1 is 0.870 bits per heavy atom. The standard InChI is InChI=1S/C32H56N6O7S/c1-6-8-16-23(27(39)29(41)33-7-2)34-28(40)24-17-12-19-38(24)30(42)26(22-14-10-9-11-15-22)36-31(43)35-25(32(3,4)5)21-37-18-13-20-46(37,44)45/h22-26H,6-21H2,1-5H3,(H,33,41)(H,34,40)(H2,35,36,43)/t23?,24-,25+,26-/m0/s1. The number of likely N-dealkylation sites (N-methyl/N-ethyl adjacent to an activating group) is 1. The first-order chi connectivity index (χ1) is 21.7. The summed E-state index contributed by atoms with van der Waals surface area (Å²) in [5, 5.41) is 11.2. The first-order valence-corrected chi connectivity index (χ1v) is 18.8. The smallest absolute Gasteiger partial charge is 0.315 e. The number of nitrogens with one attached hydrogen (secondary N) is 4. The van der Waals surface area contributed by atoms with Crippen LogP contribution in [0, 0.1) is 11.3 Å². The summed E-state index contributed by atoms with van der Waals surface area (Å²) in [5.74, 6) is -2.27. The Morgan fingerprint density at radius 3 is 2.15 bits per heavy atom. The fourth-order valence-corrected chi connectivity index (χ4v) is 8.19. The zero-order valence-electron chi connectivity index (χ0n) is 28.4. The number of sulfonamides is 1. The SMILES string of the molecule is CCCCC(NC(=O)[C@@H]1CCCN1C(=O)[C@@H](NC(=O)N[C@H](CN1CCCS1(=O)=O)C(C)(C)C)C1CCCCC1)C(=O)C(=O)NCC. The minimum atomic E-state index is -3.36. The second kappa shape index (κ2) is 16.9. The molecule has 2 saturated heterocycles. The molecule has 262 valence electrons. The van der Waals surface area contributed by atoms with Gasteiger partial charge in [-0.25, -0.2) is 13.2 Å². The molecule has 0 aromatic heterocycles. The van der Waals surface area contributed by atoms with Gasteiger partial charge in [-0.05, 0) is 56.8 Å². The van der Waals surface area contributed by atoms with Crippen LogP contribution in [0.4, 0.5) is 4.79 Å². The highest BCUT2D eigenvalue weighted by atomic mass is 32.2. The molecule has 0 radical (unpaired) electrons. The molecule has 2 aliphatic heterocycles. The summed E-state index contributed by atoms with van der Waals surface area (Å²) < 4.78 is 26.4. The van der Waals surface area contributed by atoms with Crippen molar-refractivity contribution in [1.82, 2.24) is 30.5 Å². The predicted molar refractivity (Wildman–Crippen MR) is 175 cm³/mol. The summed E-state index contributed by atoms with van der Waals surface area (Å²) in [6, 6.07) is -3.72. The molecule has 4 atom stereocenters. The van der Waals surface area contributed by atoms with Crippen LogP contribution in [0.3, 0.4) is 0 Å². The molecule has 3 rings (SSSR count). The molecule has 3 aliphatic rings. The first kappa shape index (κ1) is 37.7. The van der Waals surface area contributed by atoms with Gasteiger partial charge in [0.15, 0.2) is 0 Å². The Morgan fingerprint density at radius 2 is 1.57 bits per heavy atom. The third-order valence-corrected chi connectivity index (χ3v) is 11.4. The molecule has 13 nitrogen and oxygen atoms in total. The van der Waals surface area contributed by atoms with E-state index in [9.17, 15) is 32.4 Å². The van der Waals surface area contributed by atoms with Crippen LogP contribution in [-0.4, -0.2) is 103 Å². The van der Waals surface area contributed by atoms with Crippen LogP contribution in [-0.2, 0) is 29.2 Å². The summed E-state index contributed by atoms with van der Waals surface area (Å²) in [4.78, 5) is 68.0.